The maximum absolute atomic E-state index is 10.8. The number of hydrogen-bond acceptors (Lipinski definition) is 2. The van der Waals surface area contributed by atoms with Gasteiger partial charge >= 0.3 is 5.97 Å². The van der Waals surface area contributed by atoms with Crippen LogP contribution >= 0.6 is 11.6 Å². The van der Waals surface area contributed by atoms with Crippen molar-refractivity contribution in [3.63, 3.8) is 0 Å². The third-order valence-electron chi connectivity index (χ3n) is 2.82. The van der Waals surface area contributed by atoms with Gasteiger partial charge in [0.1, 0.15) is 12.4 Å². The van der Waals surface area contributed by atoms with Crippen LogP contribution < -0.4 is 4.74 Å². The molecule has 0 saturated carbocycles. The molecule has 0 aromatic heterocycles. The summed E-state index contributed by atoms with van der Waals surface area (Å²) in [6.07, 6.45) is 0. The van der Waals surface area contributed by atoms with Crippen LogP contribution in [0.1, 0.15) is 21.5 Å². The number of halogens is 1. The van der Waals surface area contributed by atoms with Crippen molar-refractivity contribution >= 4 is 17.6 Å². The van der Waals surface area contributed by atoms with E-state index in [1.807, 2.05) is 31.2 Å². The zero-order chi connectivity index (χ0) is 13.8. The SMILES string of the molecule is Cc1ccccc1COc1ccc(C(=O)O)cc1Cl. The summed E-state index contributed by atoms with van der Waals surface area (Å²) in [6.45, 7) is 2.41. The van der Waals surface area contributed by atoms with Gasteiger partial charge in [-0.15, -0.1) is 0 Å². The van der Waals surface area contributed by atoms with Gasteiger partial charge in [0.05, 0.1) is 10.6 Å². The number of carboxylic acids is 1. The van der Waals surface area contributed by atoms with Crippen molar-refractivity contribution in [1.82, 2.24) is 0 Å². The average Bonchev–Trinajstić information content (AvgIpc) is 2.39. The van der Waals surface area contributed by atoms with Gasteiger partial charge in [-0.25, -0.2) is 4.79 Å². The van der Waals surface area contributed by atoms with Crippen LogP contribution in [-0.2, 0) is 6.61 Å². The van der Waals surface area contributed by atoms with Gasteiger partial charge in [-0.05, 0) is 36.2 Å². The van der Waals surface area contributed by atoms with Crippen LogP contribution in [0.4, 0.5) is 0 Å². The lowest BCUT2D eigenvalue weighted by Crippen LogP contribution is -2.00. The summed E-state index contributed by atoms with van der Waals surface area (Å²) in [5.41, 5.74) is 2.36. The molecule has 1 N–H and O–H groups in total. The Kier molecular flexibility index (Phi) is 4.07. The highest BCUT2D eigenvalue weighted by Crippen LogP contribution is 2.26. The molecule has 0 aliphatic carbocycles. The minimum absolute atomic E-state index is 0.147. The summed E-state index contributed by atoms with van der Waals surface area (Å²) < 4.78 is 5.61. The van der Waals surface area contributed by atoms with Crippen molar-refractivity contribution in [3.05, 3.63) is 64.2 Å². The lowest BCUT2D eigenvalue weighted by molar-refractivity contribution is 0.0697. The number of rotatable bonds is 4. The molecule has 0 heterocycles. The molecule has 98 valence electrons. The molecule has 0 aliphatic heterocycles. The number of benzene rings is 2. The monoisotopic (exact) mass is 276 g/mol. The van der Waals surface area contributed by atoms with Gasteiger partial charge in [0.2, 0.25) is 0 Å². The van der Waals surface area contributed by atoms with E-state index in [4.69, 9.17) is 21.4 Å². The van der Waals surface area contributed by atoms with Gasteiger partial charge in [-0.3, -0.25) is 0 Å². The van der Waals surface area contributed by atoms with Crippen LogP contribution in [0.25, 0.3) is 0 Å². The van der Waals surface area contributed by atoms with Crippen molar-refractivity contribution in [2.75, 3.05) is 0 Å². The summed E-state index contributed by atoms with van der Waals surface area (Å²) in [6, 6.07) is 12.3. The summed E-state index contributed by atoms with van der Waals surface area (Å²) in [4.78, 5) is 10.8. The Morgan fingerprint density at radius 3 is 2.63 bits per heavy atom. The number of carboxylic acid groups (broad SMARTS) is 1. The minimum atomic E-state index is -1.01. The third-order valence-corrected chi connectivity index (χ3v) is 3.12. The van der Waals surface area contributed by atoms with Crippen molar-refractivity contribution in [1.29, 1.82) is 0 Å². The lowest BCUT2D eigenvalue weighted by atomic mass is 10.1. The Morgan fingerprint density at radius 2 is 2.00 bits per heavy atom. The smallest absolute Gasteiger partial charge is 0.335 e. The van der Waals surface area contributed by atoms with Gasteiger partial charge < -0.3 is 9.84 Å². The van der Waals surface area contributed by atoms with Crippen LogP contribution in [-0.4, -0.2) is 11.1 Å². The fourth-order valence-corrected chi connectivity index (χ4v) is 1.91. The van der Waals surface area contributed by atoms with Crippen molar-refractivity contribution in [3.8, 4) is 5.75 Å². The molecular formula is C15H13ClO3. The molecule has 0 saturated heterocycles. The lowest BCUT2D eigenvalue weighted by Gasteiger charge is -2.10. The fourth-order valence-electron chi connectivity index (χ4n) is 1.68. The van der Waals surface area contributed by atoms with E-state index < -0.39 is 5.97 Å². The number of aromatic carboxylic acids is 1. The number of carbonyl (C=O) groups is 1. The normalized spacial score (nSPS) is 10.2. The minimum Gasteiger partial charge on any atom is -0.487 e. The van der Waals surface area contributed by atoms with E-state index in [-0.39, 0.29) is 5.56 Å². The molecule has 0 unspecified atom stereocenters. The summed E-state index contributed by atoms with van der Waals surface area (Å²) in [5.74, 6) is -0.526. The Morgan fingerprint density at radius 1 is 1.26 bits per heavy atom. The molecule has 0 aliphatic rings. The topological polar surface area (TPSA) is 46.5 Å². The highest BCUT2D eigenvalue weighted by Gasteiger charge is 2.08. The molecule has 2 aromatic carbocycles. The van der Waals surface area contributed by atoms with E-state index in [9.17, 15) is 4.79 Å². The highest BCUT2D eigenvalue weighted by atomic mass is 35.5. The molecule has 0 fully saturated rings. The Hall–Kier alpha value is -2.00. The number of ether oxygens (including phenoxy) is 1. The molecule has 2 aromatic rings. The maximum atomic E-state index is 10.8. The first kappa shape index (κ1) is 13.4. The van der Waals surface area contributed by atoms with E-state index in [2.05, 4.69) is 0 Å². The van der Waals surface area contributed by atoms with Crippen LogP contribution in [0, 0.1) is 6.92 Å². The van der Waals surface area contributed by atoms with Gasteiger partial charge in [0.25, 0.3) is 0 Å². The second-order valence-electron chi connectivity index (χ2n) is 4.17. The predicted octanol–water partition coefficient (Wildman–Crippen LogP) is 3.93. The van der Waals surface area contributed by atoms with E-state index in [0.29, 0.717) is 17.4 Å². The second kappa shape index (κ2) is 5.76. The van der Waals surface area contributed by atoms with Crippen LogP contribution in [0.15, 0.2) is 42.5 Å². The van der Waals surface area contributed by atoms with E-state index in [0.717, 1.165) is 11.1 Å². The van der Waals surface area contributed by atoms with Crippen molar-refractivity contribution < 1.29 is 14.6 Å². The van der Waals surface area contributed by atoms with E-state index in [1.54, 1.807) is 6.07 Å². The second-order valence-corrected chi connectivity index (χ2v) is 4.57. The number of aryl methyl sites for hydroxylation is 1. The molecule has 4 heteroatoms. The molecule has 3 nitrogen and oxygen atoms in total. The largest absolute Gasteiger partial charge is 0.487 e. The zero-order valence-electron chi connectivity index (χ0n) is 10.4. The van der Waals surface area contributed by atoms with Crippen LogP contribution in [0.5, 0.6) is 5.75 Å². The first-order chi connectivity index (χ1) is 9.08. The van der Waals surface area contributed by atoms with Gasteiger partial charge in [-0.2, -0.15) is 0 Å². The van der Waals surface area contributed by atoms with Crippen molar-refractivity contribution in [2.45, 2.75) is 13.5 Å². The molecule has 0 radical (unpaired) electrons. The van der Waals surface area contributed by atoms with Gasteiger partial charge in [-0.1, -0.05) is 35.9 Å². The first-order valence-corrected chi connectivity index (χ1v) is 6.16. The molecule has 0 amide bonds. The van der Waals surface area contributed by atoms with E-state index in [1.165, 1.54) is 12.1 Å². The Labute approximate surface area is 116 Å². The molecule has 0 spiro atoms. The predicted molar refractivity (Wildman–Crippen MR) is 73.9 cm³/mol. The Bertz CT molecular complexity index is 608. The maximum Gasteiger partial charge on any atom is 0.335 e. The van der Waals surface area contributed by atoms with Gasteiger partial charge in [0.15, 0.2) is 0 Å². The summed E-state index contributed by atoms with van der Waals surface area (Å²) >= 11 is 5.99. The molecule has 19 heavy (non-hydrogen) atoms. The quantitative estimate of drug-likeness (QED) is 0.920. The Balaban J connectivity index is 2.12. The molecular weight excluding hydrogens is 264 g/mol. The fraction of sp³-hybridized carbons (Fsp3) is 0.133. The molecule has 0 atom stereocenters. The first-order valence-electron chi connectivity index (χ1n) is 5.78. The summed E-state index contributed by atoms with van der Waals surface area (Å²) in [7, 11) is 0. The zero-order valence-corrected chi connectivity index (χ0v) is 11.1. The molecule has 0 bridgehead atoms. The van der Waals surface area contributed by atoms with Gasteiger partial charge in [0, 0.05) is 0 Å². The average molecular weight is 277 g/mol. The third kappa shape index (κ3) is 3.26. The van der Waals surface area contributed by atoms with Crippen LogP contribution in [0.3, 0.4) is 0 Å². The van der Waals surface area contributed by atoms with Crippen molar-refractivity contribution in [2.24, 2.45) is 0 Å². The molecule has 2 rings (SSSR count). The summed E-state index contributed by atoms with van der Waals surface area (Å²) in [5, 5.41) is 9.14. The van der Waals surface area contributed by atoms with Crippen LogP contribution in [0.2, 0.25) is 5.02 Å². The van der Waals surface area contributed by atoms with E-state index >= 15 is 0 Å². The highest BCUT2D eigenvalue weighted by molar-refractivity contribution is 6.32. The number of hydrogen-bond donors (Lipinski definition) is 1. The standard InChI is InChI=1S/C15H13ClO3/c1-10-4-2-3-5-12(10)9-19-14-7-6-11(15(17)18)8-13(14)16/h2-8H,9H2,1H3,(H,17,18).